The summed E-state index contributed by atoms with van der Waals surface area (Å²) in [5, 5.41) is 8.56. The molecule has 5 heteroatoms. The molecule has 0 bridgehead atoms. The van der Waals surface area contributed by atoms with E-state index in [-0.39, 0.29) is 0 Å². The standard InChI is InChI=1S/C12H22NO3P/c1-4-8-12(9-7-10-13)11-17(14,15-5-2)16-6-3/h9H,4-8,11H2,1-3H3. The predicted octanol–water partition coefficient (Wildman–Crippen LogP) is 3.89. The Bertz CT molecular complexity index is 310. The van der Waals surface area contributed by atoms with E-state index >= 15 is 0 Å². The molecule has 0 radical (unpaired) electrons. The second-order valence-corrected chi connectivity index (χ2v) is 5.63. The van der Waals surface area contributed by atoms with Crippen LogP contribution in [0.2, 0.25) is 0 Å². The third kappa shape index (κ3) is 7.33. The lowest BCUT2D eigenvalue weighted by atomic mass is 10.1. The molecule has 4 nitrogen and oxygen atoms in total. The van der Waals surface area contributed by atoms with E-state index in [1.807, 2.05) is 13.0 Å². The molecule has 0 saturated carbocycles. The summed E-state index contributed by atoms with van der Waals surface area (Å²) in [5.74, 6) is 0. The fourth-order valence-corrected chi connectivity index (χ4v) is 3.36. The van der Waals surface area contributed by atoms with Gasteiger partial charge in [-0.3, -0.25) is 4.57 Å². The summed E-state index contributed by atoms with van der Waals surface area (Å²) in [4.78, 5) is 0. The first-order valence-electron chi connectivity index (χ1n) is 6.04. The van der Waals surface area contributed by atoms with E-state index in [0.717, 1.165) is 18.4 Å². The number of hydrogen-bond acceptors (Lipinski definition) is 4. The van der Waals surface area contributed by atoms with Gasteiger partial charge in [0, 0.05) is 0 Å². The SMILES string of the molecule is CCCC(=CCC#N)CP(=O)(OCC)OCC. The highest BCUT2D eigenvalue weighted by Gasteiger charge is 2.24. The first kappa shape index (κ1) is 16.4. The summed E-state index contributed by atoms with van der Waals surface area (Å²) < 4.78 is 22.8. The van der Waals surface area contributed by atoms with Crippen LogP contribution in [-0.4, -0.2) is 19.4 Å². The topological polar surface area (TPSA) is 59.3 Å². The molecule has 17 heavy (non-hydrogen) atoms. The minimum atomic E-state index is -3.02. The van der Waals surface area contributed by atoms with Crippen molar-refractivity contribution in [2.75, 3.05) is 19.4 Å². The molecule has 0 spiro atoms. The molecular formula is C12H22NO3P. The van der Waals surface area contributed by atoms with Crippen molar-refractivity contribution >= 4 is 7.60 Å². The smallest absolute Gasteiger partial charge is 0.309 e. The predicted molar refractivity (Wildman–Crippen MR) is 68.9 cm³/mol. The Morgan fingerprint density at radius 3 is 2.29 bits per heavy atom. The molecule has 0 aromatic heterocycles. The van der Waals surface area contributed by atoms with E-state index in [1.165, 1.54) is 0 Å². The molecule has 0 aliphatic heterocycles. The van der Waals surface area contributed by atoms with E-state index < -0.39 is 7.60 Å². The molecule has 0 N–H and O–H groups in total. The first-order valence-corrected chi connectivity index (χ1v) is 7.77. The van der Waals surface area contributed by atoms with Gasteiger partial charge < -0.3 is 9.05 Å². The lowest BCUT2D eigenvalue weighted by molar-refractivity contribution is 0.222. The van der Waals surface area contributed by atoms with Crippen molar-refractivity contribution in [3.8, 4) is 6.07 Å². The van der Waals surface area contributed by atoms with Crippen LogP contribution < -0.4 is 0 Å². The van der Waals surface area contributed by atoms with Crippen LogP contribution in [0.3, 0.4) is 0 Å². The fourth-order valence-electron chi connectivity index (χ4n) is 1.53. The second-order valence-electron chi connectivity index (χ2n) is 3.58. The molecule has 0 aromatic rings. The van der Waals surface area contributed by atoms with Crippen molar-refractivity contribution in [1.82, 2.24) is 0 Å². The molecule has 0 heterocycles. The summed E-state index contributed by atoms with van der Waals surface area (Å²) in [6.45, 7) is 6.38. The summed E-state index contributed by atoms with van der Waals surface area (Å²) in [5.41, 5.74) is 0.985. The Morgan fingerprint density at radius 1 is 1.29 bits per heavy atom. The highest BCUT2D eigenvalue weighted by Crippen LogP contribution is 2.50. The van der Waals surface area contributed by atoms with Gasteiger partial charge in [-0.05, 0) is 20.3 Å². The summed E-state index contributed by atoms with van der Waals surface area (Å²) in [6.07, 6.45) is 4.24. The largest absolute Gasteiger partial charge is 0.334 e. The van der Waals surface area contributed by atoms with Crippen molar-refractivity contribution in [2.24, 2.45) is 0 Å². The Hall–Kier alpha value is -0.620. The van der Waals surface area contributed by atoms with Gasteiger partial charge in [-0.25, -0.2) is 0 Å². The molecule has 0 fully saturated rings. The number of allylic oxidation sites excluding steroid dienone is 2. The van der Waals surface area contributed by atoms with Crippen LogP contribution in [0.5, 0.6) is 0 Å². The minimum absolute atomic E-state index is 0.296. The Kier molecular flexibility index (Phi) is 9.07. The molecule has 0 unspecified atom stereocenters. The maximum absolute atomic E-state index is 12.3. The summed E-state index contributed by atoms with van der Waals surface area (Å²) in [6, 6.07) is 2.06. The highest BCUT2D eigenvalue weighted by atomic mass is 31.2. The van der Waals surface area contributed by atoms with Gasteiger partial charge in [-0.15, -0.1) is 0 Å². The average molecular weight is 259 g/mol. The zero-order valence-corrected chi connectivity index (χ0v) is 11.8. The fraction of sp³-hybridized carbons (Fsp3) is 0.750. The van der Waals surface area contributed by atoms with Crippen LogP contribution in [0, 0.1) is 11.3 Å². The summed E-state index contributed by atoms with van der Waals surface area (Å²) >= 11 is 0. The molecule has 0 amide bonds. The third-order valence-corrected chi connectivity index (χ3v) is 4.20. The normalized spacial score (nSPS) is 12.5. The van der Waals surface area contributed by atoms with Crippen LogP contribution in [0.15, 0.2) is 11.6 Å². The van der Waals surface area contributed by atoms with Gasteiger partial charge >= 0.3 is 7.60 Å². The molecule has 0 aliphatic rings. The molecular weight excluding hydrogens is 237 g/mol. The number of rotatable bonds is 9. The van der Waals surface area contributed by atoms with Crippen molar-refractivity contribution in [1.29, 1.82) is 5.26 Å². The van der Waals surface area contributed by atoms with Gasteiger partial charge in [-0.1, -0.05) is 25.0 Å². The molecule has 0 aromatic carbocycles. The Balaban J connectivity index is 4.67. The van der Waals surface area contributed by atoms with Crippen LogP contribution in [0.1, 0.15) is 40.0 Å². The van der Waals surface area contributed by atoms with Crippen molar-refractivity contribution in [3.05, 3.63) is 11.6 Å². The molecule has 0 atom stereocenters. The maximum Gasteiger partial charge on any atom is 0.334 e. The van der Waals surface area contributed by atoms with Gasteiger partial charge in [0.2, 0.25) is 0 Å². The molecule has 0 rings (SSSR count). The maximum atomic E-state index is 12.3. The Labute approximate surface area is 104 Å². The van der Waals surface area contributed by atoms with Gasteiger partial charge in [0.1, 0.15) is 0 Å². The zero-order valence-electron chi connectivity index (χ0n) is 10.9. The Morgan fingerprint density at radius 2 is 1.88 bits per heavy atom. The van der Waals surface area contributed by atoms with E-state index in [0.29, 0.717) is 25.8 Å². The van der Waals surface area contributed by atoms with Crippen LogP contribution >= 0.6 is 7.60 Å². The van der Waals surface area contributed by atoms with E-state index in [2.05, 4.69) is 6.07 Å². The number of nitrogens with zero attached hydrogens (tertiary/aromatic N) is 1. The van der Waals surface area contributed by atoms with E-state index in [4.69, 9.17) is 14.3 Å². The molecule has 0 saturated heterocycles. The molecule has 0 aliphatic carbocycles. The van der Waals surface area contributed by atoms with Gasteiger partial charge in [0.15, 0.2) is 0 Å². The number of hydrogen-bond donors (Lipinski definition) is 0. The van der Waals surface area contributed by atoms with E-state index in [1.54, 1.807) is 13.8 Å². The lowest BCUT2D eigenvalue weighted by Crippen LogP contribution is -2.02. The average Bonchev–Trinajstić information content (AvgIpc) is 2.26. The van der Waals surface area contributed by atoms with Gasteiger partial charge in [0.25, 0.3) is 0 Å². The van der Waals surface area contributed by atoms with Crippen molar-refractivity contribution < 1.29 is 13.6 Å². The van der Waals surface area contributed by atoms with E-state index in [9.17, 15) is 4.57 Å². The minimum Gasteiger partial charge on any atom is -0.309 e. The first-order chi connectivity index (χ1) is 8.11. The third-order valence-electron chi connectivity index (χ3n) is 2.10. The van der Waals surface area contributed by atoms with Crippen molar-refractivity contribution in [3.63, 3.8) is 0 Å². The van der Waals surface area contributed by atoms with Crippen LogP contribution in [0.4, 0.5) is 0 Å². The van der Waals surface area contributed by atoms with Gasteiger partial charge in [-0.2, -0.15) is 5.26 Å². The number of nitriles is 1. The quantitative estimate of drug-likeness (QED) is 0.465. The van der Waals surface area contributed by atoms with Crippen molar-refractivity contribution in [2.45, 2.75) is 40.0 Å². The highest BCUT2D eigenvalue weighted by molar-refractivity contribution is 7.54. The monoisotopic (exact) mass is 259 g/mol. The van der Waals surface area contributed by atoms with Crippen LogP contribution in [-0.2, 0) is 13.6 Å². The van der Waals surface area contributed by atoms with Crippen LogP contribution in [0.25, 0.3) is 0 Å². The zero-order chi connectivity index (χ0) is 13.1. The van der Waals surface area contributed by atoms with Gasteiger partial charge in [0.05, 0.1) is 31.9 Å². The lowest BCUT2D eigenvalue weighted by Gasteiger charge is -2.18. The second kappa shape index (κ2) is 9.41. The molecule has 98 valence electrons. The summed E-state index contributed by atoms with van der Waals surface area (Å²) in [7, 11) is -3.02.